The smallest absolute Gasteiger partial charge is 0.151 e. The van der Waals surface area contributed by atoms with Gasteiger partial charge < -0.3 is 15.7 Å². The molecule has 0 aromatic heterocycles. The van der Waals surface area contributed by atoms with E-state index in [0.29, 0.717) is 5.56 Å². The topological polar surface area (TPSA) is 78.4 Å². The molecule has 0 aliphatic heterocycles. The van der Waals surface area contributed by atoms with Crippen molar-refractivity contribution in [3.8, 4) is 5.75 Å². The maximum atomic E-state index is 11.4. The molecule has 0 radical (unpaired) electrons. The van der Waals surface area contributed by atoms with Gasteiger partial charge in [0.1, 0.15) is 5.75 Å². The van der Waals surface area contributed by atoms with Crippen LogP contribution in [0.4, 0.5) is 0 Å². The van der Waals surface area contributed by atoms with Crippen molar-refractivity contribution in [3.05, 3.63) is 65.2 Å². The Kier molecular flexibility index (Phi) is 17.0. The molecule has 8 heteroatoms. The molecule has 3 N–H and O–H groups in total. The number of hydrogen-bond donors (Lipinski definition) is 3. The second-order valence-corrected chi connectivity index (χ2v) is 10.1. The molecular formula is C24H38Br2N2O3S. The molecular weight excluding hydrogens is 556 g/mol. The van der Waals surface area contributed by atoms with E-state index < -0.39 is 9.84 Å². The third kappa shape index (κ3) is 14.3. The summed E-state index contributed by atoms with van der Waals surface area (Å²) < 4.78 is 22.7. The van der Waals surface area contributed by atoms with Gasteiger partial charge in [-0.25, -0.2) is 8.42 Å². The first-order valence-corrected chi connectivity index (χ1v) is 12.9. The maximum Gasteiger partial charge on any atom is 0.151 e. The van der Waals surface area contributed by atoms with Crippen molar-refractivity contribution < 1.29 is 13.5 Å². The molecule has 0 saturated carbocycles. The summed E-state index contributed by atoms with van der Waals surface area (Å²) in [6, 6.07) is 15.9. The van der Waals surface area contributed by atoms with E-state index in [1.807, 2.05) is 6.07 Å². The van der Waals surface area contributed by atoms with E-state index in [1.165, 1.54) is 37.5 Å². The minimum Gasteiger partial charge on any atom is -0.508 e. The molecule has 0 heterocycles. The minimum absolute atomic E-state index is 0. The SMILES string of the molecule is Br.Br.CS(=O)(=O)Cc1ccc(CCNCCCCCCNCCc2ccccc2)cc1O. The standard InChI is InChI=1S/C24H36N2O3S.2BrH/c1-30(28,29)20-23-12-11-22(19-24(23)27)14-18-26-16-8-3-2-7-15-25-17-13-21-9-5-4-6-10-21;;/h4-6,9-12,19,25-27H,2-3,7-8,13-18,20H2,1H3;2*1H. The Morgan fingerprint density at radius 1 is 0.750 bits per heavy atom. The third-order valence-electron chi connectivity index (χ3n) is 5.05. The molecule has 32 heavy (non-hydrogen) atoms. The third-order valence-corrected chi connectivity index (χ3v) is 5.88. The summed E-state index contributed by atoms with van der Waals surface area (Å²) in [7, 11) is -3.14. The van der Waals surface area contributed by atoms with Crippen LogP contribution in [0, 0.1) is 0 Å². The molecule has 0 unspecified atom stereocenters. The lowest BCUT2D eigenvalue weighted by molar-refractivity contribution is 0.469. The van der Waals surface area contributed by atoms with Crippen LogP contribution in [0.3, 0.4) is 0 Å². The van der Waals surface area contributed by atoms with Gasteiger partial charge >= 0.3 is 0 Å². The minimum atomic E-state index is -3.14. The molecule has 0 fully saturated rings. The van der Waals surface area contributed by atoms with Gasteiger partial charge in [0.05, 0.1) is 5.75 Å². The molecule has 0 aliphatic carbocycles. The number of halogens is 2. The first-order valence-electron chi connectivity index (χ1n) is 10.9. The van der Waals surface area contributed by atoms with Gasteiger partial charge in [-0.15, -0.1) is 34.0 Å². The fourth-order valence-electron chi connectivity index (χ4n) is 3.38. The number of phenolic OH excluding ortho intramolecular Hbond substituents is 1. The Balaban J connectivity index is 0.00000480. The second-order valence-electron chi connectivity index (χ2n) is 7.93. The van der Waals surface area contributed by atoms with Crippen LogP contribution >= 0.6 is 34.0 Å². The van der Waals surface area contributed by atoms with Crippen molar-refractivity contribution in [2.75, 3.05) is 32.4 Å². The van der Waals surface area contributed by atoms with Crippen LogP contribution < -0.4 is 10.6 Å². The Bertz CT molecular complexity index is 850. The van der Waals surface area contributed by atoms with Crippen molar-refractivity contribution in [1.29, 1.82) is 0 Å². The van der Waals surface area contributed by atoms with Crippen LogP contribution in [0.2, 0.25) is 0 Å². The van der Waals surface area contributed by atoms with Crippen molar-refractivity contribution in [2.24, 2.45) is 0 Å². The van der Waals surface area contributed by atoms with E-state index in [1.54, 1.807) is 12.1 Å². The normalized spacial score (nSPS) is 10.9. The predicted octanol–water partition coefficient (Wildman–Crippen LogP) is 4.62. The van der Waals surface area contributed by atoms with Crippen LogP contribution in [0.25, 0.3) is 0 Å². The lowest BCUT2D eigenvalue weighted by Crippen LogP contribution is -2.19. The van der Waals surface area contributed by atoms with E-state index in [-0.39, 0.29) is 45.5 Å². The zero-order chi connectivity index (χ0) is 21.7. The van der Waals surface area contributed by atoms with Gasteiger partial charge in [0.15, 0.2) is 9.84 Å². The quantitative estimate of drug-likeness (QED) is 0.263. The van der Waals surface area contributed by atoms with Gasteiger partial charge in [-0.3, -0.25) is 0 Å². The van der Waals surface area contributed by atoms with E-state index in [2.05, 4.69) is 41.0 Å². The molecule has 0 atom stereocenters. The first kappa shape index (κ1) is 31.1. The van der Waals surface area contributed by atoms with Crippen molar-refractivity contribution in [1.82, 2.24) is 10.6 Å². The van der Waals surface area contributed by atoms with Crippen molar-refractivity contribution >= 4 is 43.8 Å². The predicted molar refractivity (Wildman–Crippen MR) is 145 cm³/mol. The van der Waals surface area contributed by atoms with E-state index in [4.69, 9.17) is 0 Å². The summed E-state index contributed by atoms with van der Waals surface area (Å²) in [4.78, 5) is 0. The van der Waals surface area contributed by atoms with E-state index in [0.717, 1.165) is 44.6 Å². The lowest BCUT2D eigenvalue weighted by Gasteiger charge is -2.08. The Morgan fingerprint density at radius 2 is 1.31 bits per heavy atom. The zero-order valence-corrected chi connectivity index (χ0v) is 23.1. The fraction of sp³-hybridized carbons (Fsp3) is 0.500. The van der Waals surface area contributed by atoms with Crippen LogP contribution in [-0.4, -0.2) is 46.0 Å². The number of unbranched alkanes of at least 4 members (excludes halogenated alkanes) is 3. The van der Waals surface area contributed by atoms with Crippen molar-refractivity contribution in [2.45, 2.75) is 44.3 Å². The van der Waals surface area contributed by atoms with Crippen LogP contribution in [0.15, 0.2) is 48.5 Å². The van der Waals surface area contributed by atoms with Gasteiger partial charge in [0.25, 0.3) is 0 Å². The fourth-order valence-corrected chi connectivity index (χ4v) is 4.19. The number of hydrogen-bond acceptors (Lipinski definition) is 5. The molecule has 182 valence electrons. The number of sulfone groups is 1. The Morgan fingerprint density at radius 3 is 1.84 bits per heavy atom. The highest BCUT2D eigenvalue weighted by Gasteiger charge is 2.09. The van der Waals surface area contributed by atoms with E-state index in [9.17, 15) is 13.5 Å². The highest BCUT2D eigenvalue weighted by molar-refractivity contribution is 8.93. The van der Waals surface area contributed by atoms with Crippen LogP contribution in [0.1, 0.15) is 42.4 Å². The highest BCUT2D eigenvalue weighted by Crippen LogP contribution is 2.21. The first-order chi connectivity index (χ1) is 14.4. The van der Waals surface area contributed by atoms with E-state index >= 15 is 0 Å². The number of nitrogens with one attached hydrogen (secondary N) is 2. The Labute approximate surface area is 214 Å². The Hall–Kier alpha value is -0.930. The summed E-state index contributed by atoms with van der Waals surface area (Å²) in [5.41, 5.74) is 2.86. The van der Waals surface area contributed by atoms with Gasteiger partial charge in [0, 0.05) is 11.8 Å². The summed E-state index contributed by atoms with van der Waals surface area (Å²) in [6.07, 6.45) is 7.94. The second kappa shape index (κ2) is 17.5. The monoisotopic (exact) mass is 592 g/mol. The van der Waals surface area contributed by atoms with Gasteiger partial charge in [-0.05, 0) is 69.1 Å². The molecule has 0 spiro atoms. The summed E-state index contributed by atoms with van der Waals surface area (Å²) >= 11 is 0. The van der Waals surface area contributed by atoms with Crippen LogP contribution in [0.5, 0.6) is 5.75 Å². The summed E-state index contributed by atoms with van der Waals surface area (Å²) in [5, 5.41) is 17.0. The highest BCUT2D eigenvalue weighted by atomic mass is 79.9. The molecule has 0 aliphatic rings. The van der Waals surface area contributed by atoms with Gasteiger partial charge in [-0.2, -0.15) is 0 Å². The zero-order valence-electron chi connectivity index (χ0n) is 18.9. The summed E-state index contributed by atoms with van der Waals surface area (Å²) in [5.74, 6) is -0.0600. The van der Waals surface area contributed by atoms with Gasteiger partial charge in [0.2, 0.25) is 0 Å². The molecule has 0 amide bonds. The van der Waals surface area contributed by atoms with Crippen LogP contribution in [-0.2, 0) is 28.4 Å². The number of rotatable bonds is 15. The molecule has 5 nitrogen and oxygen atoms in total. The maximum absolute atomic E-state index is 11.4. The van der Waals surface area contributed by atoms with Crippen molar-refractivity contribution in [3.63, 3.8) is 0 Å². The largest absolute Gasteiger partial charge is 0.508 e. The molecule has 2 aromatic carbocycles. The lowest BCUT2D eigenvalue weighted by atomic mass is 10.1. The summed E-state index contributed by atoms with van der Waals surface area (Å²) in [6.45, 7) is 3.97. The average Bonchev–Trinajstić information content (AvgIpc) is 2.70. The molecule has 2 rings (SSSR count). The molecule has 2 aromatic rings. The molecule has 0 saturated heterocycles. The average molecular weight is 594 g/mol. The van der Waals surface area contributed by atoms with Gasteiger partial charge in [-0.1, -0.05) is 55.3 Å². The molecule has 0 bridgehead atoms. The number of aromatic hydroxyl groups is 1. The number of benzene rings is 2. The number of phenols is 1.